The van der Waals surface area contributed by atoms with Gasteiger partial charge in [0.15, 0.2) is 0 Å². The molecule has 0 bridgehead atoms. The van der Waals surface area contributed by atoms with Crippen molar-refractivity contribution in [2.75, 3.05) is 0 Å². The highest BCUT2D eigenvalue weighted by atomic mass is 16.3. The quantitative estimate of drug-likeness (QED) is 0.540. The van der Waals surface area contributed by atoms with E-state index >= 15 is 0 Å². The third-order valence-electron chi connectivity index (χ3n) is 3.66. The zero-order valence-electron chi connectivity index (χ0n) is 14.4. The van der Waals surface area contributed by atoms with Crippen LogP contribution < -0.4 is 5.43 Å². The molecule has 0 unspecified atom stereocenters. The number of hydrogen-bond donors (Lipinski definition) is 2. The highest BCUT2D eigenvalue weighted by Gasteiger charge is 2.10. The van der Waals surface area contributed by atoms with Gasteiger partial charge in [0.2, 0.25) is 5.82 Å². The van der Waals surface area contributed by atoms with Crippen LogP contribution in [0.2, 0.25) is 0 Å². The number of hydrogen-bond acceptors (Lipinski definition) is 6. The van der Waals surface area contributed by atoms with Crippen LogP contribution in [-0.4, -0.2) is 36.9 Å². The van der Waals surface area contributed by atoms with Crippen LogP contribution in [0.3, 0.4) is 0 Å². The first kappa shape index (κ1) is 17.3. The largest absolute Gasteiger partial charge is 0.507 e. The summed E-state index contributed by atoms with van der Waals surface area (Å²) in [4.78, 5) is 13.2. The SMILES string of the molecule is C/C(=N\NC(=O)Cn1nnc(-c2ccccc2)n1)c1cc(C)ccc1O. The molecular weight excluding hydrogens is 332 g/mol. The Hall–Kier alpha value is -3.55. The lowest BCUT2D eigenvalue weighted by atomic mass is 10.1. The van der Waals surface area contributed by atoms with E-state index < -0.39 is 5.91 Å². The second-order valence-electron chi connectivity index (χ2n) is 5.76. The molecule has 8 heteroatoms. The minimum atomic E-state index is -0.395. The number of rotatable bonds is 5. The zero-order valence-corrected chi connectivity index (χ0v) is 14.4. The number of tetrazole rings is 1. The number of phenolic OH excluding ortho intramolecular Hbond substituents is 1. The van der Waals surface area contributed by atoms with Crippen LogP contribution in [0.15, 0.2) is 53.6 Å². The Balaban J connectivity index is 1.64. The van der Waals surface area contributed by atoms with Crippen molar-refractivity contribution in [3.8, 4) is 17.1 Å². The molecule has 2 aromatic carbocycles. The molecule has 0 aliphatic heterocycles. The lowest BCUT2D eigenvalue weighted by Gasteiger charge is -2.06. The minimum absolute atomic E-state index is 0.108. The molecule has 1 amide bonds. The molecule has 1 heterocycles. The molecule has 0 spiro atoms. The van der Waals surface area contributed by atoms with Crippen molar-refractivity contribution in [1.29, 1.82) is 0 Å². The lowest BCUT2D eigenvalue weighted by Crippen LogP contribution is -2.25. The summed E-state index contributed by atoms with van der Waals surface area (Å²) in [6, 6.07) is 14.6. The van der Waals surface area contributed by atoms with Gasteiger partial charge in [-0.05, 0) is 31.2 Å². The van der Waals surface area contributed by atoms with E-state index in [1.54, 1.807) is 25.1 Å². The number of nitrogens with zero attached hydrogens (tertiary/aromatic N) is 5. The van der Waals surface area contributed by atoms with Gasteiger partial charge in [0.1, 0.15) is 12.3 Å². The Bertz CT molecular complexity index is 949. The molecule has 0 saturated heterocycles. The van der Waals surface area contributed by atoms with Crippen LogP contribution in [0.4, 0.5) is 0 Å². The van der Waals surface area contributed by atoms with Gasteiger partial charge in [-0.25, -0.2) is 5.43 Å². The van der Waals surface area contributed by atoms with E-state index in [1.165, 1.54) is 4.80 Å². The van der Waals surface area contributed by atoms with Crippen LogP contribution >= 0.6 is 0 Å². The van der Waals surface area contributed by atoms with Crippen molar-refractivity contribution < 1.29 is 9.90 Å². The van der Waals surface area contributed by atoms with Gasteiger partial charge >= 0.3 is 0 Å². The number of nitrogens with one attached hydrogen (secondary N) is 1. The zero-order chi connectivity index (χ0) is 18.5. The summed E-state index contributed by atoms with van der Waals surface area (Å²) in [7, 11) is 0. The Morgan fingerprint density at radius 1 is 1.23 bits per heavy atom. The molecule has 26 heavy (non-hydrogen) atoms. The molecule has 3 aromatic rings. The van der Waals surface area contributed by atoms with E-state index in [4.69, 9.17) is 0 Å². The average Bonchev–Trinajstić information content (AvgIpc) is 3.11. The monoisotopic (exact) mass is 350 g/mol. The molecule has 1 aromatic heterocycles. The second-order valence-corrected chi connectivity index (χ2v) is 5.76. The number of benzene rings is 2. The average molecular weight is 350 g/mol. The maximum Gasteiger partial charge on any atom is 0.263 e. The number of aryl methyl sites for hydroxylation is 1. The smallest absolute Gasteiger partial charge is 0.263 e. The summed E-state index contributed by atoms with van der Waals surface area (Å²) in [6.45, 7) is 3.50. The summed E-state index contributed by atoms with van der Waals surface area (Å²) >= 11 is 0. The van der Waals surface area contributed by atoms with Crippen molar-refractivity contribution in [1.82, 2.24) is 25.6 Å². The predicted molar refractivity (Wildman–Crippen MR) is 96.5 cm³/mol. The van der Waals surface area contributed by atoms with E-state index in [-0.39, 0.29) is 12.3 Å². The first-order valence-electron chi connectivity index (χ1n) is 7.99. The normalized spacial score (nSPS) is 11.4. The second kappa shape index (κ2) is 7.56. The number of carbonyl (C=O) groups excluding carboxylic acids is 1. The van der Waals surface area contributed by atoms with Crippen LogP contribution in [0.25, 0.3) is 11.4 Å². The number of aromatic nitrogens is 4. The van der Waals surface area contributed by atoms with Crippen molar-refractivity contribution in [3.05, 3.63) is 59.7 Å². The molecule has 2 N–H and O–H groups in total. The summed E-state index contributed by atoms with van der Waals surface area (Å²) in [6.07, 6.45) is 0. The van der Waals surface area contributed by atoms with Crippen LogP contribution in [0.1, 0.15) is 18.1 Å². The fourth-order valence-corrected chi connectivity index (χ4v) is 2.32. The summed E-state index contributed by atoms with van der Waals surface area (Å²) in [5, 5.41) is 25.9. The van der Waals surface area contributed by atoms with Crippen molar-refractivity contribution in [2.24, 2.45) is 5.10 Å². The van der Waals surface area contributed by atoms with Gasteiger partial charge in [0, 0.05) is 11.1 Å². The van der Waals surface area contributed by atoms with Crippen molar-refractivity contribution >= 4 is 11.6 Å². The minimum Gasteiger partial charge on any atom is -0.507 e. The number of phenols is 1. The van der Waals surface area contributed by atoms with Gasteiger partial charge in [0.05, 0.1) is 5.71 Å². The molecule has 0 radical (unpaired) electrons. The molecule has 3 rings (SSSR count). The number of hydrazone groups is 1. The topological polar surface area (TPSA) is 105 Å². The van der Waals surface area contributed by atoms with Crippen LogP contribution in [-0.2, 0) is 11.3 Å². The van der Waals surface area contributed by atoms with Crippen molar-refractivity contribution in [3.63, 3.8) is 0 Å². The van der Waals surface area contributed by atoms with Gasteiger partial charge in [0.25, 0.3) is 5.91 Å². The number of amides is 1. The van der Waals surface area contributed by atoms with Gasteiger partial charge in [-0.2, -0.15) is 9.90 Å². The van der Waals surface area contributed by atoms with Gasteiger partial charge in [-0.1, -0.05) is 42.0 Å². The summed E-state index contributed by atoms with van der Waals surface area (Å²) < 4.78 is 0. The fraction of sp³-hybridized carbons (Fsp3) is 0.167. The highest BCUT2D eigenvalue weighted by Crippen LogP contribution is 2.18. The van der Waals surface area contributed by atoms with Gasteiger partial charge in [-0.3, -0.25) is 4.79 Å². The Labute approximate surface area is 150 Å². The lowest BCUT2D eigenvalue weighted by molar-refractivity contribution is -0.122. The molecule has 0 aliphatic carbocycles. The molecule has 0 fully saturated rings. The van der Waals surface area contributed by atoms with E-state index in [9.17, 15) is 9.90 Å². The molecule has 8 nitrogen and oxygen atoms in total. The first-order chi connectivity index (χ1) is 12.5. The van der Waals surface area contributed by atoms with E-state index in [0.717, 1.165) is 11.1 Å². The molecule has 0 saturated carbocycles. The summed E-state index contributed by atoms with van der Waals surface area (Å²) in [5.41, 5.74) is 5.30. The predicted octanol–water partition coefficient (Wildman–Crippen LogP) is 1.89. The molecular formula is C18H18N6O2. The van der Waals surface area contributed by atoms with Crippen LogP contribution in [0, 0.1) is 6.92 Å². The summed E-state index contributed by atoms with van der Waals surface area (Å²) in [5.74, 6) is 0.160. The Kier molecular flexibility index (Phi) is 5.02. The van der Waals surface area contributed by atoms with Gasteiger partial charge in [-0.15, -0.1) is 10.2 Å². The van der Waals surface area contributed by atoms with E-state index in [0.29, 0.717) is 17.1 Å². The van der Waals surface area contributed by atoms with E-state index in [1.807, 2.05) is 37.3 Å². The Morgan fingerprint density at radius 3 is 2.77 bits per heavy atom. The number of aromatic hydroxyl groups is 1. The standard InChI is InChI=1S/C18H18N6O2/c1-12-8-9-16(25)15(10-12)13(2)19-20-17(26)11-24-22-18(21-23-24)14-6-4-3-5-7-14/h3-10,25H,11H2,1-2H3,(H,20,26)/b19-13+. The van der Waals surface area contributed by atoms with Crippen LogP contribution in [0.5, 0.6) is 5.75 Å². The van der Waals surface area contributed by atoms with Crippen molar-refractivity contribution in [2.45, 2.75) is 20.4 Å². The van der Waals surface area contributed by atoms with Gasteiger partial charge < -0.3 is 5.11 Å². The van der Waals surface area contributed by atoms with E-state index in [2.05, 4.69) is 25.9 Å². The molecule has 0 atom stereocenters. The maximum absolute atomic E-state index is 12.0. The number of carbonyl (C=O) groups is 1. The molecule has 0 aliphatic rings. The highest BCUT2D eigenvalue weighted by molar-refractivity contribution is 6.01. The third-order valence-corrected chi connectivity index (χ3v) is 3.66. The Morgan fingerprint density at radius 2 is 2.00 bits per heavy atom. The molecule has 132 valence electrons. The first-order valence-corrected chi connectivity index (χ1v) is 7.99. The third kappa shape index (κ3) is 4.10. The maximum atomic E-state index is 12.0. The fourth-order valence-electron chi connectivity index (χ4n) is 2.32.